The van der Waals surface area contributed by atoms with Crippen molar-refractivity contribution in [3.8, 4) is 0 Å². The van der Waals surface area contributed by atoms with E-state index < -0.39 is 13.1 Å². The summed E-state index contributed by atoms with van der Waals surface area (Å²) in [5.74, 6) is -0.943. The molecule has 0 spiro atoms. The average molecular weight is 201 g/mol. The van der Waals surface area contributed by atoms with E-state index in [2.05, 4.69) is 5.32 Å². The second-order valence-corrected chi connectivity index (χ2v) is 3.77. The summed E-state index contributed by atoms with van der Waals surface area (Å²) in [6.45, 7) is 1.25. The quantitative estimate of drug-likeness (QED) is 0.435. The molecule has 1 saturated heterocycles. The summed E-state index contributed by atoms with van der Waals surface area (Å²) in [6, 6.07) is 0. The Hall–Kier alpha value is -0.585. The van der Waals surface area contributed by atoms with Gasteiger partial charge in [-0.1, -0.05) is 6.42 Å². The third-order valence-corrected chi connectivity index (χ3v) is 2.69. The number of nitrogens with one attached hydrogen (secondary N) is 1. The predicted octanol–water partition coefficient (Wildman–Crippen LogP) is -0.840. The lowest BCUT2D eigenvalue weighted by Crippen LogP contribution is -2.22. The molecule has 14 heavy (non-hydrogen) atoms. The highest BCUT2D eigenvalue weighted by atomic mass is 16.4. The van der Waals surface area contributed by atoms with Crippen LogP contribution in [0.4, 0.5) is 0 Å². The molecule has 6 heteroatoms. The summed E-state index contributed by atoms with van der Waals surface area (Å²) in [7, 11) is -1.27. The van der Waals surface area contributed by atoms with E-state index in [1.165, 1.54) is 0 Å². The van der Waals surface area contributed by atoms with Gasteiger partial charge in [-0.2, -0.15) is 0 Å². The van der Waals surface area contributed by atoms with E-state index in [0.29, 0.717) is 19.3 Å². The third kappa shape index (κ3) is 3.28. The predicted molar refractivity (Wildman–Crippen MR) is 51.7 cm³/mol. The molecule has 0 amide bonds. The van der Waals surface area contributed by atoms with Gasteiger partial charge in [-0.3, -0.25) is 4.79 Å². The van der Waals surface area contributed by atoms with E-state index in [1.807, 2.05) is 0 Å². The van der Waals surface area contributed by atoms with Crippen LogP contribution < -0.4 is 5.32 Å². The van der Waals surface area contributed by atoms with Crippen molar-refractivity contribution in [2.45, 2.75) is 19.2 Å². The molecule has 1 aliphatic rings. The molecule has 1 fully saturated rings. The SMILES string of the molecule is O=C(O)C1CNC[C@@H]1CCCB(O)O. The minimum atomic E-state index is -1.27. The number of hydrogen-bond acceptors (Lipinski definition) is 4. The van der Waals surface area contributed by atoms with Crippen molar-refractivity contribution in [2.75, 3.05) is 13.1 Å². The van der Waals surface area contributed by atoms with E-state index in [-0.39, 0.29) is 11.8 Å². The molecule has 0 saturated carbocycles. The van der Waals surface area contributed by atoms with Gasteiger partial charge in [0.2, 0.25) is 0 Å². The normalized spacial score (nSPS) is 26.4. The van der Waals surface area contributed by atoms with E-state index in [0.717, 1.165) is 13.0 Å². The van der Waals surface area contributed by atoms with Crippen molar-refractivity contribution in [3.63, 3.8) is 0 Å². The fourth-order valence-corrected chi connectivity index (χ4v) is 1.89. The summed E-state index contributed by atoms with van der Waals surface area (Å²) < 4.78 is 0. The maximum absolute atomic E-state index is 10.8. The first-order valence-corrected chi connectivity index (χ1v) is 4.91. The van der Waals surface area contributed by atoms with Gasteiger partial charge in [-0.05, 0) is 25.2 Å². The standard InChI is InChI=1S/C8H16BNO4/c11-8(12)7-5-10-4-6(7)2-1-3-9(13)14/h6-7,10,13-14H,1-5H2,(H,11,12)/t6-,7?/m0/s1. The molecule has 80 valence electrons. The van der Waals surface area contributed by atoms with E-state index >= 15 is 0 Å². The maximum atomic E-state index is 10.8. The Kier molecular flexibility index (Phi) is 4.38. The fourth-order valence-electron chi connectivity index (χ4n) is 1.89. The highest BCUT2D eigenvalue weighted by Crippen LogP contribution is 2.22. The Labute approximate surface area is 83.3 Å². The molecular weight excluding hydrogens is 185 g/mol. The summed E-state index contributed by atoms with van der Waals surface area (Å²) in [6.07, 6.45) is 1.72. The monoisotopic (exact) mass is 201 g/mol. The van der Waals surface area contributed by atoms with Gasteiger partial charge in [0.25, 0.3) is 0 Å². The molecule has 0 aromatic heterocycles. The largest absolute Gasteiger partial charge is 0.481 e. The Morgan fingerprint density at radius 3 is 2.71 bits per heavy atom. The molecule has 0 aromatic rings. The Morgan fingerprint density at radius 1 is 1.43 bits per heavy atom. The van der Waals surface area contributed by atoms with Crippen molar-refractivity contribution < 1.29 is 19.9 Å². The van der Waals surface area contributed by atoms with Crippen molar-refractivity contribution in [1.82, 2.24) is 5.32 Å². The highest BCUT2D eigenvalue weighted by molar-refractivity contribution is 6.40. The van der Waals surface area contributed by atoms with Crippen molar-refractivity contribution >= 4 is 13.1 Å². The topological polar surface area (TPSA) is 89.8 Å². The van der Waals surface area contributed by atoms with Crippen LogP contribution in [0, 0.1) is 11.8 Å². The third-order valence-electron chi connectivity index (χ3n) is 2.69. The van der Waals surface area contributed by atoms with E-state index in [4.69, 9.17) is 15.2 Å². The van der Waals surface area contributed by atoms with Crippen LogP contribution in [0.25, 0.3) is 0 Å². The second-order valence-electron chi connectivity index (χ2n) is 3.77. The first-order valence-electron chi connectivity index (χ1n) is 4.91. The fraction of sp³-hybridized carbons (Fsp3) is 0.875. The Bertz CT molecular complexity index is 200. The summed E-state index contributed by atoms with van der Waals surface area (Å²) >= 11 is 0. The zero-order valence-corrected chi connectivity index (χ0v) is 8.02. The van der Waals surface area contributed by atoms with Crippen molar-refractivity contribution in [2.24, 2.45) is 11.8 Å². The molecule has 1 rings (SSSR count). The van der Waals surface area contributed by atoms with Crippen LogP contribution in [-0.2, 0) is 4.79 Å². The van der Waals surface area contributed by atoms with Gasteiger partial charge in [0.05, 0.1) is 5.92 Å². The zero-order valence-electron chi connectivity index (χ0n) is 8.02. The molecule has 4 N–H and O–H groups in total. The first kappa shape index (κ1) is 11.5. The van der Waals surface area contributed by atoms with Crippen LogP contribution in [-0.4, -0.2) is 41.3 Å². The van der Waals surface area contributed by atoms with Crippen LogP contribution in [0.2, 0.25) is 6.32 Å². The summed E-state index contributed by atoms with van der Waals surface area (Å²) in [5, 5.41) is 29.1. The highest BCUT2D eigenvalue weighted by Gasteiger charge is 2.32. The molecule has 1 aliphatic heterocycles. The summed E-state index contributed by atoms with van der Waals surface area (Å²) in [4.78, 5) is 10.8. The van der Waals surface area contributed by atoms with Crippen LogP contribution in [0.5, 0.6) is 0 Å². The minimum Gasteiger partial charge on any atom is -0.481 e. The molecule has 0 aromatic carbocycles. The molecule has 1 unspecified atom stereocenters. The van der Waals surface area contributed by atoms with Crippen molar-refractivity contribution in [1.29, 1.82) is 0 Å². The van der Waals surface area contributed by atoms with Gasteiger partial charge in [0.1, 0.15) is 0 Å². The number of hydrogen-bond donors (Lipinski definition) is 4. The number of carbonyl (C=O) groups is 1. The number of carboxylic acid groups (broad SMARTS) is 1. The van der Waals surface area contributed by atoms with Crippen LogP contribution in [0.15, 0.2) is 0 Å². The molecule has 5 nitrogen and oxygen atoms in total. The van der Waals surface area contributed by atoms with Gasteiger partial charge in [0.15, 0.2) is 0 Å². The maximum Gasteiger partial charge on any atom is 0.451 e. The number of rotatable bonds is 5. The summed E-state index contributed by atoms with van der Waals surface area (Å²) in [5.41, 5.74) is 0. The van der Waals surface area contributed by atoms with Gasteiger partial charge >= 0.3 is 13.1 Å². The smallest absolute Gasteiger partial charge is 0.451 e. The van der Waals surface area contributed by atoms with Crippen LogP contribution in [0.1, 0.15) is 12.8 Å². The van der Waals surface area contributed by atoms with Crippen LogP contribution >= 0.6 is 0 Å². The molecule has 1 heterocycles. The second kappa shape index (κ2) is 5.33. The lowest BCUT2D eigenvalue weighted by Gasteiger charge is -2.13. The van der Waals surface area contributed by atoms with E-state index in [9.17, 15) is 4.79 Å². The molecule has 0 radical (unpaired) electrons. The lowest BCUT2D eigenvalue weighted by molar-refractivity contribution is -0.142. The Morgan fingerprint density at radius 2 is 2.14 bits per heavy atom. The van der Waals surface area contributed by atoms with Crippen molar-refractivity contribution in [3.05, 3.63) is 0 Å². The Balaban J connectivity index is 2.26. The van der Waals surface area contributed by atoms with Gasteiger partial charge in [-0.15, -0.1) is 0 Å². The number of aliphatic carboxylic acids is 1. The van der Waals surface area contributed by atoms with E-state index in [1.54, 1.807) is 0 Å². The number of carboxylic acids is 1. The molecule has 2 atom stereocenters. The molecule has 0 bridgehead atoms. The molecular formula is C8H16BNO4. The van der Waals surface area contributed by atoms with Gasteiger partial charge in [-0.25, -0.2) is 0 Å². The average Bonchev–Trinajstić information content (AvgIpc) is 2.51. The van der Waals surface area contributed by atoms with Gasteiger partial charge < -0.3 is 20.5 Å². The lowest BCUT2D eigenvalue weighted by atomic mass is 9.80. The molecule has 0 aliphatic carbocycles. The first-order chi connectivity index (χ1) is 6.61. The van der Waals surface area contributed by atoms with Gasteiger partial charge in [0, 0.05) is 6.54 Å². The zero-order chi connectivity index (χ0) is 10.6. The minimum absolute atomic E-state index is 0.131. The van der Waals surface area contributed by atoms with Crippen LogP contribution in [0.3, 0.4) is 0 Å².